The van der Waals surface area contributed by atoms with Gasteiger partial charge in [0.25, 0.3) is 0 Å². The average molecular weight is 1730 g/mol. The Morgan fingerprint density at radius 1 is 0.551 bits per heavy atom. The number of ether oxygens (including phenoxy) is 8. The Morgan fingerprint density at radius 3 is 1.54 bits per heavy atom. The van der Waals surface area contributed by atoms with E-state index in [4.69, 9.17) is 37.9 Å². The molecule has 5 aliphatic rings. The van der Waals surface area contributed by atoms with E-state index >= 15 is 0 Å². The van der Waals surface area contributed by atoms with Crippen molar-refractivity contribution in [3.8, 4) is 0 Å². The number of aliphatic carboxylic acids is 2. The monoisotopic (exact) mass is 1730 g/mol. The largest absolute Gasteiger partial charge is 1.00 e. The molecule has 1 aromatic carbocycles. The third-order valence-corrected chi connectivity index (χ3v) is 20.3. The van der Waals surface area contributed by atoms with Gasteiger partial charge in [0, 0.05) is 49.2 Å². The molecule has 47 nitrogen and oxygen atoms in total. The maximum atomic E-state index is 13.3. The van der Waals surface area contributed by atoms with Crippen molar-refractivity contribution in [1.29, 1.82) is 0 Å². The SMILES string of the molecule is CC(=O)N[C@H]1[C@H](OCC(O)C(O)C(O)C(O)CNc2cccc(NC(=O)CCCCC3CCSS3)c2)O[C@H](COS(=O)(=O)[O-])[C@H](OS(=O)(=O)[O-])[C@@H]1O[C@@H]1O[C@H](C(=O)O)[C@@H](O[C@@H]2O[C@H](COS(=O)(=O)[O-])[C@H](O)[C@H](O[C@@H]3O[C@H](C(=O)O)[C@@H](O)[C@H](O)[C@H]3OS(=O)(=O)[O-])[C@H]2NC(C)=O)[C@H](O)[C@H]1OS(=O)(=O)[O-].[Na+].[Na+].[Na+].[Na+].[Na+]. The predicted molar refractivity (Wildman–Crippen MR) is 319 cm³/mol. The van der Waals surface area contributed by atoms with E-state index in [1.54, 1.807) is 16.9 Å². The first-order chi connectivity index (χ1) is 47.2. The molecule has 0 aromatic heterocycles. The molecule has 0 aliphatic carbocycles. The summed E-state index contributed by atoms with van der Waals surface area (Å²) in [5.41, 5.74) is 0.584. The molecule has 107 heavy (non-hydrogen) atoms. The molecule has 3 amide bonds. The summed E-state index contributed by atoms with van der Waals surface area (Å²) in [7, 11) is -27.1. The van der Waals surface area contributed by atoms with Crippen LogP contribution in [0.2, 0.25) is 0 Å². The first kappa shape index (κ1) is 106. The van der Waals surface area contributed by atoms with Crippen molar-refractivity contribution in [3.63, 3.8) is 0 Å². The molecule has 0 bridgehead atoms. The summed E-state index contributed by atoms with van der Waals surface area (Å²) in [6.07, 6.45) is -57.5. The molecule has 59 heteroatoms. The zero-order valence-corrected chi connectivity index (χ0v) is 72.8. The number of hydrogen-bond donors (Lipinski definition) is 14. The number of hydrogen-bond acceptors (Lipinski definition) is 44. The van der Waals surface area contributed by atoms with Crippen molar-refractivity contribution in [2.75, 3.05) is 42.8 Å². The van der Waals surface area contributed by atoms with Crippen molar-refractivity contribution in [2.24, 2.45) is 0 Å². The number of carboxylic acid groups (broad SMARTS) is 2. The number of rotatable bonds is 37. The van der Waals surface area contributed by atoms with E-state index in [0.717, 1.165) is 25.0 Å². The number of nitrogens with one attached hydrogen (secondary N) is 4. The number of aliphatic hydroxyl groups excluding tert-OH is 8. The number of amides is 3. The van der Waals surface area contributed by atoms with Gasteiger partial charge in [-0.05, 0) is 37.5 Å². The normalized spacial score (nSPS) is 31.7. The number of carbonyl (C=O) groups is 5. The molecule has 5 fully saturated rings. The minimum atomic E-state index is -6.46. The van der Waals surface area contributed by atoms with Crippen LogP contribution in [0.4, 0.5) is 11.4 Å². The number of anilines is 2. The molecule has 0 spiro atoms. The van der Waals surface area contributed by atoms with Gasteiger partial charge >= 0.3 is 160 Å². The van der Waals surface area contributed by atoms with E-state index in [0.29, 0.717) is 31.2 Å². The summed E-state index contributed by atoms with van der Waals surface area (Å²) in [4.78, 5) is 63.9. The van der Waals surface area contributed by atoms with Gasteiger partial charge in [0.2, 0.25) is 69.7 Å². The zero-order valence-electron chi connectivity index (χ0n) is 57.1. The summed E-state index contributed by atoms with van der Waals surface area (Å²) < 4.78 is 246. The van der Waals surface area contributed by atoms with Crippen LogP contribution in [0, 0.1) is 0 Å². The van der Waals surface area contributed by atoms with Gasteiger partial charge in [0.1, 0.15) is 91.4 Å². The average Bonchev–Trinajstić information content (AvgIpc) is 0.971. The van der Waals surface area contributed by atoms with Crippen molar-refractivity contribution >= 4 is 115 Å². The number of carbonyl (C=O) groups excluding carboxylic acids is 3. The fraction of sp³-hybridized carbons (Fsp3) is 0.771. The molecule has 6 rings (SSSR count). The number of unbranched alkanes of at least 4 members (excludes halogenated alkanes) is 1. The summed E-state index contributed by atoms with van der Waals surface area (Å²) in [6.45, 7) is -4.27. The van der Waals surface area contributed by atoms with E-state index in [9.17, 15) is 140 Å². The second-order valence-electron chi connectivity index (χ2n) is 22.7. The molecule has 1 aromatic rings. The topological polar surface area (TPSA) is 742 Å². The molecule has 0 saturated carbocycles. The first-order valence-electron chi connectivity index (χ1n) is 29.4. The summed E-state index contributed by atoms with van der Waals surface area (Å²) >= 11 is 0. The first-order valence-corrected chi connectivity index (χ1v) is 38.4. The van der Waals surface area contributed by atoms with Crippen LogP contribution in [-0.4, -0.2) is 330 Å². The van der Waals surface area contributed by atoms with Gasteiger partial charge in [0.15, 0.2) is 49.6 Å². The van der Waals surface area contributed by atoms with E-state index < -0.39 is 249 Å². The second kappa shape index (κ2) is 46.8. The van der Waals surface area contributed by atoms with Gasteiger partial charge < -0.3 is 133 Å². The van der Waals surface area contributed by atoms with Crippen LogP contribution in [0.3, 0.4) is 0 Å². The molecule has 14 N–H and O–H groups in total. The summed E-state index contributed by atoms with van der Waals surface area (Å²) in [5, 5.41) is 119. The van der Waals surface area contributed by atoms with Crippen LogP contribution >= 0.6 is 21.6 Å². The third-order valence-electron chi connectivity index (χ3n) is 15.1. The van der Waals surface area contributed by atoms with E-state index in [2.05, 4.69) is 31.5 Å². The Hall–Kier alpha value is 0.780. The quantitative estimate of drug-likeness (QED) is 0.00967. The van der Waals surface area contributed by atoms with Crippen LogP contribution in [0.15, 0.2) is 24.3 Å². The van der Waals surface area contributed by atoms with E-state index in [1.807, 2.05) is 21.4 Å². The molecular weight excluding hydrogens is 1660 g/mol. The second-order valence-corrected chi connectivity index (χ2v) is 30.6. The minimum absolute atomic E-state index is 0. The summed E-state index contributed by atoms with van der Waals surface area (Å²) in [5.74, 6) is -6.51. The van der Waals surface area contributed by atoms with Gasteiger partial charge in [-0.1, -0.05) is 34.1 Å². The Bertz CT molecular complexity index is 3630. The van der Waals surface area contributed by atoms with Crippen LogP contribution in [0.25, 0.3) is 0 Å². The molecule has 5 saturated heterocycles. The van der Waals surface area contributed by atoms with Gasteiger partial charge in [0.05, 0.1) is 25.9 Å². The zero-order chi connectivity index (χ0) is 76.3. The molecule has 5 aliphatic heterocycles. The Balaban J connectivity index is 0.0000114. The Kier molecular flexibility index (Phi) is 46.3. The van der Waals surface area contributed by atoms with Crippen molar-refractivity contribution in [2.45, 2.75) is 198 Å². The Morgan fingerprint density at radius 2 is 1.03 bits per heavy atom. The van der Waals surface area contributed by atoms with Crippen LogP contribution in [0.5, 0.6) is 0 Å². The number of aliphatic hydroxyl groups is 8. The molecule has 5 unspecified atom stereocenters. The third kappa shape index (κ3) is 34.0. The fourth-order valence-corrected chi connectivity index (χ4v) is 15.7. The molecular formula is C48H69N4Na5O43S7. The summed E-state index contributed by atoms with van der Waals surface area (Å²) in [6, 6.07) is 0.959. The van der Waals surface area contributed by atoms with Crippen LogP contribution in [-0.2, 0) is 135 Å². The van der Waals surface area contributed by atoms with Gasteiger partial charge in [-0.15, -0.1) is 0 Å². The van der Waals surface area contributed by atoms with Crippen LogP contribution < -0.4 is 169 Å². The van der Waals surface area contributed by atoms with Crippen molar-refractivity contribution in [1.82, 2.24) is 10.6 Å². The molecule has 25 atom stereocenters. The number of carboxylic acids is 2. The van der Waals surface area contributed by atoms with Gasteiger partial charge in [-0.25, -0.2) is 51.7 Å². The fourth-order valence-electron chi connectivity index (χ4n) is 10.6. The minimum Gasteiger partial charge on any atom is -0.726 e. The number of benzene rings is 1. The smallest absolute Gasteiger partial charge is 0.726 e. The van der Waals surface area contributed by atoms with E-state index in [-0.39, 0.29) is 166 Å². The Labute approximate surface area is 728 Å². The van der Waals surface area contributed by atoms with Gasteiger partial charge in [-0.2, -0.15) is 0 Å². The molecule has 0 radical (unpaired) electrons. The van der Waals surface area contributed by atoms with Gasteiger partial charge in [-0.3, -0.25) is 35.3 Å². The van der Waals surface area contributed by atoms with E-state index in [1.165, 1.54) is 18.2 Å². The molecule has 5 heterocycles. The van der Waals surface area contributed by atoms with Crippen LogP contribution in [0.1, 0.15) is 46.0 Å². The maximum absolute atomic E-state index is 13.3. The molecule has 586 valence electrons. The standard InChI is InChI=1S/C48H74N4O43S7.5Na/c1-17(53)50-27-36(88-47-40(94-101(77,78)79)33(62)32(61)39(91-47)43(64)65)31(60)24(15-84-98(68,69)70)86-46(27)90-38-34(63)41(95-102(80,81)82)48(92-42(38)44(66)67)89-37-28(51-18(2)54)45(87-25(16-85-99(71,72)73)35(37)93-100(74,75)76)83-14-23(56)30(59)29(58)22(55)13-49-19-6-5-7-20(12-19)52-26(57)9-4-3-8-21-10-11-96-97-21;;;;;/h5-7,12,21-25,27-42,45-49,55-56,58-63H,3-4,8-11,13-16H2,1-2H3,(H,50,53)(H,51,54)(H,52,57)(H,64,65)(H,66,67)(H,68,69,70)(H,71,72,73)(H,74,75,76)(H,77,78,79)(H,80,81,82);;;;;/q;5*+1/p-5/t21?,22?,23?,24-,25-,27-,28-,29?,30?,31+,32+,33+,34+,35+,36-,37-,38+,39+,40-,41-,42+,45-,46+,47-,48-;;;;;/m1...../s1. The maximum Gasteiger partial charge on any atom is 1.00 e. The van der Waals surface area contributed by atoms with Crippen molar-refractivity contribution in [3.05, 3.63) is 24.3 Å². The van der Waals surface area contributed by atoms with Crippen molar-refractivity contribution < 1.29 is 346 Å². The predicted octanol–water partition coefficient (Wildman–Crippen LogP) is -24.6.